The van der Waals surface area contributed by atoms with Gasteiger partial charge < -0.3 is 11.3 Å². The van der Waals surface area contributed by atoms with Crippen LogP contribution >= 0.6 is 0 Å². The van der Waals surface area contributed by atoms with Crippen LogP contribution in [-0.4, -0.2) is 24.8 Å². The van der Waals surface area contributed by atoms with Crippen molar-refractivity contribution in [3.8, 4) is 0 Å². The zero-order valence-electron chi connectivity index (χ0n) is 6.18. The average Bonchev–Trinajstić information content (AvgIpc) is 1.61. The van der Waals surface area contributed by atoms with Crippen molar-refractivity contribution < 1.29 is 45.6 Å². The predicted octanol–water partition coefficient (Wildman–Crippen LogP) is -2.78. The van der Waals surface area contributed by atoms with E-state index in [1.807, 2.05) is 0 Å². The Hall–Kier alpha value is 0.430. The Morgan fingerprint density at radius 3 is 2.50 bits per heavy atom. The predicted molar refractivity (Wildman–Crippen MR) is 25.2 cm³/mol. The minimum atomic E-state index is -0.818. The molecule has 0 aromatic rings. The first-order valence-electron chi connectivity index (χ1n) is 1.98. The van der Waals surface area contributed by atoms with Gasteiger partial charge in [-0.15, -0.1) is 0 Å². The van der Waals surface area contributed by atoms with Crippen LogP contribution in [0.4, 0.5) is 0 Å². The molecule has 0 bridgehead atoms. The number of hydrogen-bond acceptors (Lipinski definition) is 2. The van der Waals surface area contributed by atoms with Crippen LogP contribution in [-0.2, 0) is 9.53 Å². The molecule has 0 saturated carbocycles. The maximum absolute atomic E-state index is 9.68. The SMILES string of the molecule is COCCC(=O)O.[H-].[Na+]. The molecule has 0 heterocycles. The summed E-state index contributed by atoms with van der Waals surface area (Å²) >= 11 is 0. The van der Waals surface area contributed by atoms with Crippen LogP contribution < -0.4 is 29.6 Å². The Balaban J connectivity index is -0.000000180. The van der Waals surface area contributed by atoms with E-state index in [4.69, 9.17) is 5.11 Å². The minimum absolute atomic E-state index is 0. The smallest absolute Gasteiger partial charge is 1.00 e. The van der Waals surface area contributed by atoms with Gasteiger partial charge >= 0.3 is 35.5 Å². The summed E-state index contributed by atoms with van der Waals surface area (Å²) in [6.45, 7) is 0.301. The number of rotatable bonds is 3. The quantitative estimate of drug-likeness (QED) is 0.418. The number of hydrogen-bond donors (Lipinski definition) is 1. The van der Waals surface area contributed by atoms with Gasteiger partial charge in [-0.2, -0.15) is 0 Å². The normalized spacial score (nSPS) is 7.62. The van der Waals surface area contributed by atoms with Crippen molar-refractivity contribution in [2.75, 3.05) is 13.7 Å². The second-order valence-electron chi connectivity index (χ2n) is 1.14. The minimum Gasteiger partial charge on any atom is -1.00 e. The number of carbonyl (C=O) groups is 1. The van der Waals surface area contributed by atoms with Crippen LogP contribution in [0.5, 0.6) is 0 Å². The zero-order chi connectivity index (χ0) is 5.70. The standard InChI is InChI=1S/C4H8O3.Na.H/c1-7-3-2-4(5)6;;/h2-3H2,1H3,(H,5,6);;/q;+1;-1. The summed E-state index contributed by atoms with van der Waals surface area (Å²) < 4.78 is 4.47. The second-order valence-corrected chi connectivity index (χ2v) is 1.14. The van der Waals surface area contributed by atoms with Gasteiger partial charge in [0.1, 0.15) is 0 Å². The monoisotopic (exact) mass is 128 g/mol. The summed E-state index contributed by atoms with van der Waals surface area (Å²) in [6, 6.07) is 0. The summed E-state index contributed by atoms with van der Waals surface area (Å²) in [5.74, 6) is -0.818. The molecule has 0 fully saturated rings. The van der Waals surface area contributed by atoms with Gasteiger partial charge in [-0.1, -0.05) is 0 Å². The molecule has 0 spiro atoms. The van der Waals surface area contributed by atoms with Gasteiger partial charge in [0.15, 0.2) is 0 Å². The molecule has 0 aromatic heterocycles. The van der Waals surface area contributed by atoms with Gasteiger partial charge in [0.25, 0.3) is 0 Å². The van der Waals surface area contributed by atoms with E-state index in [1.54, 1.807) is 0 Å². The maximum atomic E-state index is 9.68. The van der Waals surface area contributed by atoms with Crippen LogP contribution in [0.3, 0.4) is 0 Å². The molecule has 44 valence electrons. The summed E-state index contributed by atoms with van der Waals surface area (Å²) in [4.78, 5) is 9.68. The molecule has 0 aliphatic heterocycles. The number of methoxy groups -OCH3 is 1. The second kappa shape index (κ2) is 7.43. The Morgan fingerprint density at radius 2 is 2.38 bits per heavy atom. The molecule has 8 heavy (non-hydrogen) atoms. The molecule has 3 nitrogen and oxygen atoms in total. The molecule has 0 aliphatic rings. The molecular formula is C4H9NaO3. The van der Waals surface area contributed by atoms with Crippen LogP contribution in [0.1, 0.15) is 7.85 Å². The molecule has 0 aliphatic carbocycles. The van der Waals surface area contributed by atoms with E-state index in [1.165, 1.54) is 7.11 Å². The van der Waals surface area contributed by atoms with Crippen molar-refractivity contribution in [1.29, 1.82) is 0 Å². The first kappa shape index (κ1) is 11.3. The molecule has 1 N–H and O–H groups in total. The first-order valence-corrected chi connectivity index (χ1v) is 1.98. The molecule has 0 amide bonds. The Morgan fingerprint density at radius 1 is 1.88 bits per heavy atom. The van der Waals surface area contributed by atoms with Gasteiger partial charge in [0.2, 0.25) is 0 Å². The fraction of sp³-hybridized carbons (Fsp3) is 0.750. The van der Waals surface area contributed by atoms with Gasteiger partial charge in [0.05, 0.1) is 13.0 Å². The van der Waals surface area contributed by atoms with Gasteiger partial charge in [-0.25, -0.2) is 0 Å². The van der Waals surface area contributed by atoms with Gasteiger partial charge in [-0.3, -0.25) is 4.79 Å². The molecular weight excluding hydrogens is 119 g/mol. The molecule has 4 heteroatoms. The van der Waals surface area contributed by atoms with Crippen LogP contribution in [0, 0.1) is 0 Å². The third-order valence-electron chi connectivity index (χ3n) is 0.520. The molecule has 0 aromatic carbocycles. The Bertz CT molecular complexity index is 68.8. The van der Waals surface area contributed by atoms with Crippen LogP contribution in [0.15, 0.2) is 0 Å². The van der Waals surface area contributed by atoms with Crippen molar-refractivity contribution in [3.63, 3.8) is 0 Å². The number of carboxylic acids is 1. The molecule has 0 atom stereocenters. The number of ether oxygens (including phenoxy) is 1. The fourth-order valence-corrected chi connectivity index (χ4v) is 0.189. The Labute approximate surface area is 71.8 Å². The number of carboxylic acid groups (broad SMARTS) is 1. The van der Waals surface area contributed by atoms with Crippen molar-refractivity contribution in [2.24, 2.45) is 0 Å². The van der Waals surface area contributed by atoms with E-state index in [0.717, 1.165) is 0 Å². The zero-order valence-corrected chi connectivity index (χ0v) is 7.18. The van der Waals surface area contributed by atoms with E-state index in [2.05, 4.69) is 4.74 Å². The molecule has 0 radical (unpaired) electrons. The first-order chi connectivity index (χ1) is 3.27. The molecule has 0 rings (SSSR count). The van der Waals surface area contributed by atoms with Gasteiger partial charge in [-0.05, 0) is 0 Å². The van der Waals surface area contributed by atoms with Crippen LogP contribution in [0.25, 0.3) is 0 Å². The molecule has 0 unspecified atom stereocenters. The van der Waals surface area contributed by atoms with E-state index in [0.29, 0.717) is 6.61 Å². The van der Waals surface area contributed by atoms with E-state index < -0.39 is 5.97 Å². The summed E-state index contributed by atoms with van der Waals surface area (Å²) in [6.07, 6.45) is 0.0938. The fourth-order valence-electron chi connectivity index (χ4n) is 0.189. The summed E-state index contributed by atoms with van der Waals surface area (Å²) in [5.41, 5.74) is 0. The maximum Gasteiger partial charge on any atom is 1.00 e. The largest absolute Gasteiger partial charge is 1.00 e. The topological polar surface area (TPSA) is 46.5 Å². The number of aliphatic carboxylic acids is 1. The van der Waals surface area contributed by atoms with Crippen LogP contribution in [0.2, 0.25) is 0 Å². The van der Waals surface area contributed by atoms with E-state index in [-0.39, 0.29) is 37.4 Å². The van der Waals surface area contributed by atoms with Crippen molar-refractivity contribution in [2.45, 2.75) is 6.42 Å². The van der Waals surface area contributed by atoms with Gasteiger partial charge in [0, 0.05) is 7.11 Å². The summed E-state index contributed by atoms with van der Waals surface area (Å²) in [7, 11) is 1.48. The van der Waals surface area contributed by atoms with Crippen molar-refractivity contribution in [3.05, 3.63) is 0 Å². The average molecular weight is 128 g/mol. The summed E-state index contributed by atoms with van der Waals surface area (Å²) in [5, 5.41) is 7.96. The third kappa shape index (κ3) is 9.66. The van der Waals surface area contributed by atoms with E-state index >= 15 is 0 Å². The van der Waals surface area contributed by atoms with E-state index in [9.17, 15) is 4.79 Å². The van der Waals surface area contributed by atoms with Crippen molar-refractivity contribution in [1.82, 2.24) is 0 Å². The Kier molecular flexibility index (Phi) is 10.5. The van der Waals surface area contributed by atoms with Crippen molar-refractivity contribution >= 4 is 5.97 Å². The third-order valence-corrected chi connectivity index (χ3v) is 0.520. The molecule has 0 saturated heterocycles.